The molecule has 0 radical (unpaired) electrons. The van der Waals surface area contributed by atoms with Gasteiger partial charge in [-0.1, -0.05) is 17.7 Å². The predicted molar refractivity (Wildman–Crippen MR) is 80.9 cm³/mol. The number of benzene rings is 1. The van der Waals surface area contributed by atoms with Crippen molar-refractivity contribution in [1.29, 1.82) is 5.26 Å². The lowest BCUT2D eigenvalue weighted by Crippen LogP contribution is -2.33. The third-order valence-electron chi connectivity index (χ3n) is 3.24. The lowest BCUT2D eigenvalue weighted by molar-refractivity contribution is -0.112. The number of hydrogen-bond donors (Lipinski definition) is 1. The molecule has 1 aromatic rings. The van der Waals surface area contributed by atoms with E-state index in [1.54, 1.807) is 24.4 Å². The molecule has 0 atom stereocenters. The molecule has 0 aliphatic carbocycles. The molecule has 21 heavy (non-hydrogen) atoms. The van der Waals surface area contributed by atoms with Crippen LogP contribution in [0.5, 0.6) is 0 Å². The Morgan fingerprint density at radius 2 is 2.19 bits per heavy atom. The molecular weight excluding hydrogens is 290 g/mol. The number of ether oxygens (including phenoxy) is 1. The highest BCUT2D eigenvalue weighted by Crippen LogP contribution is 2.23. The van der Waals surface area contributed by atoms with E-state index in [-0.39, 0.29) is 5.57 Å². The summed E-state index contributed by atoms with van der Waals surface area (Å²) in [5.41, 5.74) is 1.45. The van der Waals surface area contributed by atoms with Crippen molar-refractivity contribution >= 4 is 23.2 Å². The van der Waals surface area contributed by atoms with E-state index in [1.165, 1.54) is 0 Å². The summed E-state index contributed by atoms with van der Waals surface area (Å²) in [4.78, 5) is 14.1. The first-order chi connectivity index (χ1) is 10.1. The van der Waals surface area contributed by atoms with Gasteiger partial charge in [0.25, 0.3) is 5.91 Å². The van der Waals surface area contributed by atoms with Gasteiger partial charge in [-0.3, -0.25) is 4.79 Å². The van der Waals surface area contributed by atoms with Crippen molar-refractivity contribution in [2.75, 3.05) is 31.6 Å². The summed E-state index contributed by atoms with van der Waals surface area (Å²) in [5, 5.41) is 12.5. The fraction of sp³-hybridized carbons (Fsp3) is 0.333. The fourth-order valence-corrected chi connectivity index (χ4v) is 2.13. The summed E-state index contributed by atoms with van der Waals surface area (Å²) in [6.07, 6.45) is 1.58. The number of nitrogens with zero attached hydrogens (tertiary/aromatic N) is 2. The predicted octanol–water partition coefficient (Wildman–Crippen LogP) is 2.33. The SMILES string of the molecule is Cc1c(Cl)cccc1NC(=O)/C(C#N)=C\N1CCOCC1. The average molecular weight is 306 g/mol. The van der Waals surface area contributed by atoms with E-state index in [4.69, 9.17) is 21.6 Å². The minimum absolute atomic E-state index is 0.0660. The van der Waals surface area contributed by atoms with Gasteiger partial charge in [-0.15, -0.1) is 0 Å². The third kappa shape index (κ3) is 3.97. The molecule has 0 unspecified atom stereocenters. The summed E-state index contributed by atoms with van der Waals surface area (Å²) >= 11 is 6.01. The number of halogens is 1. The first-order valence-corrected chi connectivity index (χ1v) is 7.00. The first kappa shape index (κ1) is 15.4. The number of hydrogen-bond acceptors (Lipinski definition) is 4. The first-order valence-electron chi connectivity index (χ1n) is 6.62. The molecule has 1 aliphatic rings. The Labute approximate surface area is 128 Å². The topological polar surface area (TPSA) is 65.4 Å². The van der Waals surface area contributed by atoms with Gasteiger partial charge in [0.1, 0.15) is 11.6 Å². The minimum atomic E-state index is -0.436. The van der Waals surface area contributed by atoms with Crippen LogP contribution in [-0.2, 0) is 9.53 Å². The molecule has 6 heteroatoms. The molecule has 5 nitrogen and oxygen atoms in total. The summed E-state index contributed by atoms with van der Waals surface area (Å²) in [6, 6.07) is 7.19. The van der Waals surface area contributed by atoms with Crippen molar-refractivity contribution in [3.63, 3.8) is 0 Å². The number of nitrogens with one attached hydrogen (secondary N) is 1. The van der Waals surface area contributed by atoms with E-state index >= 15 is 0 Å². The molecule has 1 aliphatic heterocycles. The molecule has 1 fully saturated rings. The van der Waals surface area contributed by atoms with Crippen molar-refractivity contribution in [2.45, 2.75) is 6.92 Å². The molecule has 1 heterocycles. The molecule has 0 aromatic heterocycles. The number of morpholine rings is 1. The average Bonchev–Trinajstić information content (AvgIpc) is 2.50. The van der Waals surface area contributed by atoms with Crippen molar-refractivity contribution < 1.29 is 9.53 Å². The molecule has 0 spiro atoms. The quantitative estimate of drug-likeness (QED) is 0.687. The van der Waals surface area contributed by atoms with E-state index in [0.29, 0.717) is 37.0 Å². The van der Waals surface area contributed by atoms with E-state index in [2.05, 4.69) is 5.32 Å². The maximum absolute atomic E-state index is 12.2. The summed E-state index contributed by atoms with van der Waals surface area (Å²) < 4.78 is 5.23. The summed E-state index contributed by atoms with van der Waals surface area (Å²) in [7, 11) is 0. The van der Waals surface area contributed by atoms with Gasteiger partial charge in [0.2, 0.25) is 0 Å². The molecule has 1 aromatic carbocycles. The van der Waals surface area contributed by atoms with Crippen LogP contribution in [-0.4, -0.2) is 37.1 Å². The van der Waals surface area contributed by atoms with Crippen molar-refractivity contribution in [3.8, 4) is 6.07 Å². The van der Waals surface area contributed by atoms with E-state index < -0.39 is 5.91 Å². The second-order valence-corrected chi connectivity index (χ2v) is 5.08. The van der Waals surface area contributed by atoms with Crippen LogP contribution in [0.3, 0.4) is 0 Å². The van der Waals surface area contributed by atoms with E-state index in [0.717, 1.165) is 5.56 Å². The van der Waals surface area contributed by atoms with Crippen molar-refractivity contribution in [2.24, 2.45) is 0 Å². The Hall–Kier alpha value is -2.03. The fourth-order valence-electron chi connectivity index (χ4n) is 1.96. The zero-order valence-corrected chi connectivity index (χ0v) is 12.5. The standard InChI is InChI=1S/C15H16ClN3O2/c1-11-13(16)3-2-4-14(11)18-15(20)12(9-17)10-19-5-7-21-8-6-19/h2-4,10H,5-8H2,1H3,(H,18,20)/b12-10-. The van der Waals surface area contributed by atoms with E-state index in [1.807, 2.05) is 17.9 Å². The van der Waals surface area contributed by atoms with Gasteiger partial charge in [-0.25, -0.2) is 0 Å². The number of anilines is 1. The zero-order chi connectivity index (χ0) is 15.2. The van der Waals surface area contributed by atoms with Gasteiger partial charge >= 0.3 is 0 Å². The van der Waals surface area contributed by atoms with Gasteiger partial charge in [-0.05, 0) is 24.6 Å². The summed E-state index contributed by atoms with van der Waals surface area (Å²) in [5.74, 6) is -0.436. The minimum Gasteiger partial charge on any atom is -0.378 e. The molecular formula is C15H16ClN3O2. The second kappa shape index (κ2) is 7.11. The molecule has 0 bridgehead atoms. The largest absolute Gasteiger partial charge is 0.378 e. The van der Waals surface area contributed by atoms with Gasteiger partial charge in [0.15, 0.2) is 0 Å². The van der Waals surface area contributed by atoms with Gasteiger partial charge < -0.3 is 15.0 Å². The highest BCUT2D eigenvalue weighted by atomic mass is 35.5. The second-order valence-electron chi connectivity index (χ2n) is 4.67. The molecule has 1 amide bonds. The lowest BCUT2D eigenvalue weighted by atomic mass is 10.2. The Balaban J connectivity index is 2.11. The van der Waals surface area contributed by atoms with Crippen LogP contribution in [0.2, 0.25) is 5.02 Å². The van der Waals surface area contributed by atoms with Crippen molar-refractivity contribution in [1.82, 2.24) is 4.90 Å². The lowest BCUT2D eigenvalue weighted by Gasteiger charge is -2.25. The summed E-state index contributed by atoms with van der Waals surface area (Å²) in [6.45, 7) is 4.37. The van der Waals surface area contributed by atoms with Crippen LogP contribution < -0.4 is 5.32 Å². The Morgan fingerprint density at radius 1 is 1.48 bits per heavy atom. The Morgan fingerprint density at radius 3 is 2.86 bits per heavy atom. The van der Waals surface area contributed by atoms with Gasteiger partial charge in [0.05, 0.1) is 13.2 Å². The van der Waals surface area contributed by atoms with Gasteiger partial charge in [-0.2, -0.15) is 5.26 Å². The molecule has 110 valence electrons. The Kier molecular flexibility index (Phi) is 5.20. The molecule has 0 saturated carbocycles. The molecule has 1 saturated heterocycles. The molecule has 1 N–H and O–H groups in total. The number of nitriles is 1. The monoisotopic (exact) mass is 305 g/mol. The van der Waals surface area contributed by atoms with Gasteiger partial charge in [0, 0.05) is 30.0 Å². The zero-order valence-electron chi connectivity index (χ0n) is 11.7. The maximum atomic E-state index is 12.2. The van der Waals surface area contributed by atoms with Crippen LogP contribution in [0, 0.1) is 18.3 Å². The van der Waals surface area contributed by atoms with E-state index in [9.17, 15) is 4.79 Å². The Bertz CT molecular complexity index is 601. The number of carbonyl (C=O) groups excluding carboxylic acids is 1. The maximum Gasteiger partial charge on any atom is 0.267 e. The third-order valence-corrected chi connectivity index (χ3v) is 3.65. The number of carbonyl (C=O) groups is 1. The van der Waals surface area contributed by atoms with Crippen LogP contribution in [0.1, 0.15) is 5.56 Å². The highest BCUT2D eigenvalue weighted by molar-refractivity contribution is 6.31. The van der Waals surface area contributed by atoms with Crippen molar-refractivity contribution in [3.05, 3.63) is 40.6 Å². The van der Waals surface area contributed by atoms with Crippen LogP contribution in [0.25, 0.3) is 0 Å². The van der Waals surface area contributed by atoms with Crippen LogP contribution >= 0.6 is 11.6 Å². The molecule has 2 rings (SSSR count). The van der Waals surface area contributed by atoms with Crippen LogP contribution in [0.4, 0.5) is 5.69 Å². The smallest absolute Gasteiger partial charge is 0.267 e. The normalized spacial score (nSPS) is 15.5. The number of amides is 1. The highest BCUT2D eigenvalue weighted by Gasteiger charge is 2.14. The number of rotatable bonds is 3. The van der Waals surface area contributed by atoms with Crippen LogP contribution in [0.15, 0.2) is 30.0 Å².